The van der Waals surface area contributed by atoms with Gasteiger partial charge >= 0.3 is 11.9 Å². The minimum atomic E-state index is -2.11. The number of carboxylic acid groups (broad SMARTS) is 1. The van der Waals surface area contributed by atoms with E-state index in [1.165, 1.54) is 6.92 Å². The summed E-state index contributed by atoms with van der Waals surface area (Å²) >= 11 is 0. The van der Waals surface area contributed by atoms with Crippen LogP contribution in [0.2, 0.25) is 0 Å². The summed E-state index contributed by atoms with van der Waals surface area (Å²) in [5.41, 5.74) is -3.17. The zero-order valence-corrected chi connectivity index (χ0v) is 44.3. The molecule has 0 aromatic rings. The molecule has 5 aliphatic carbocycles. The predicted octanol–water partition coefficient (Wildman–Crippen LogP) is 0.163. The highest BCUT2D eigenvalue weighted by molar-refractivity contribution is 5.87. The van der Waals surface area contributed by atoms with Crippen molar-refractivity contribution >= 4 is 11.9 Å². The molecule has 12 N–H and O–H groups in total. The normalized spacial score (nSPS) is 52.1. The molecule has 0 aromatic carbocycles. The monoisotopic (exact) mass is 1060 g/mol. The molecule has 4 saturated carbocycles. The molecule has 3 aliphatic heterocycles. The van der Waals surface area contributed by atoms with Crippen LogP contribution in [-0.4, -0.2) is 203 Å². The van der Waals surface area contributed by atoms with Crippen molar-refractivity contribution in [2.45, 2.75) is 231 Å². The van der Waals surface area contributed by atoms with Gasteiger partial charge in [-0.15, -0.1) is 0 Å². The van der Waals surface area contributed by atoms with E-state index in [1.54, 1.807) is 19.9 Å². The third-order valence-electron chi connectivity index (χ3n) is 20.5. The van der Waals surface area contributed by atoms with Crippen molar-refractivity contribution in [1.29, 1.82) is 0 Å². The lowest BCUT2D eigenvalue weighted by Gasteiger charge is -2.73. The van der Waals surface area contributed by atoms with Crippen molar-refractivity contribution in [3.8, 4) is 0 Å². The van der Waals surface area contributed by atoms with Gasteiger partial charge in [-0.1, -0.05) is 66.2 Å². The minimum Gasteiger partial charge on any atom is -0.479 e. The molecule has 0 amide bonds. The van der Waals surface area contributed by atoms with Crippen LogP contribution >= 0.6 is 0 Å². The van der Waals surface area contributed by atoms with Crippen LogP contribution in [-0.2, 0) is 42.7 Å². The second-order valence-corrected chi connectivity index (χ2v) is 25.2. The Morgan fingerprint density at radius 3 is 2.04 bits per heavy atom. The summed E-state index contributed by atoms with van der Waals surface area (Å²) < 4.78 is 42.4. The molecule has 3 heterocycles. The van der Waals surface area contributed by atoms with Crippen LogP contribution in [0.1, 0.15) is 114 Å². The summed E-state index contributed by atoms with van der Waals surface area (Å²) in [6, 6.07) is 0. The maximum Gasteiger partial charge on any atom is 0.335 e. The Bertz CT molecular complexity index is 2130. The summed E-state index contributed by atoms with van der Waals surface area (Å²) in [5.74, 6) is -2.80. The van der Waals surface area contributed by atoms with Crippen molar-refractivity contribution in [2.24, 2.45) is 50.2 Å². The molecule has 21 heteroatoms. The molecule has 8 aliphatic rings. The number of rotatable bonds is 11. The van der Waals surface area contributed by atoms with Crippen LogP contribution in [0, 0.1) is 50.2 Å². The van der Waals surface area contributed by atoms with Gasteiger partial charge in [0.1, 0.15) is 67.6 Å². The van der Waals surface area contributed by atoms with Gasteiger partial charge in [0.2, 0.25) is 0 Å². The van der Waals surface area contributed by atoms with E-state index in [9.17, 15) is 70.9 Å². The molecule has 422 valence electrons. The first-order valence-electron chi connectivity index (χ1n) is 26.5. The highest BCUT2D eigenvalue weighted by Crippen LogP contribution is 2.76. The fraction of sp³-hybridized carbons (Fsp3) is 0.887. The summed E-state index contributed by atoms with van der Waals surface area (Å²) in [6.07, 6.45) is -23.9. The van der Waals surface area contributed by atoms with Gasteiger partial charge in [0.05, 0.1) is 42.5 Å². The number of aliphatic hydroxyl groups is 11. The van der Waals surface area contributed by atoms with Crippen LogP contribution in [0.4, 0.5) is 0 Å². The number of hydrogen-bond acceptors (Lipinski definition) is 20. The quantitative estimate of drug-likeness (QED) is 0.0568. The Morgan fingerprint density at radius 1 is 0.730 bits per heavy atom. The van der Waals surface area contributed by atoms with Crippen LogP contribution in [0.3, 0.4) is 0 Å². The Labute approximate surface area is 432 Å². The van der Waals surface area contributed by atoms with E-state index in [4.69, 9.17) is 33.2 Å². The smallest absolute Gasteiger partial charge is 0.335 e. The van der Waals surface area contributed by atoms with E-state index in [0.29, 0.717) is 50.5 Å². The summed E-state index contributed by atoms with van der Waals surface area (Å²) in [7, 11) is 0. The predicted molar refractivity (Wildman–Crippen MR) is 257 cm³/mol. The number of hydrogen-bond donors (Lipinski definition) is 12. The van der Waals surface area contributed by atoms with E-state index in [0.717, 1.165) is 5.57 Å². The maximum atomic E-state index is 13.1. The van der Waals surface area contributed by atoms with E-state index in [2.05, 4.69) is 33.8 Å². The van der Waals surface area contributed by atoms with Gasteiger partial charge in [-0.05, 0) is 105 Å². The first-order valence-corrected chi connectivity index (χ1v) is 26.5. The molecule has 21 nitrogen and oxygen atoms in total. The SMILES string of the molecule is CC=C(C)C(=O)OCC12C(O)CC(C)(C)CC1C1=CCC3C4(C)CCC(OC5OC(C(=O)O)C(O)C(OC6OC(C)C(O)C(O)C6O)C5OC5C(CO)OC(O)C(O)C5O)C(C)(C)C4CCC3(C)C1(C)C(O)C2O. The van der Waals surface area contributed by atoms with Crippen molar-refractivity contribution in [2.75, 3.05) is 13.2 Å². The topological polar surface area (TPSA) is 342 Å². The maximum absolute atomic E-state index is 13.1. The number of esters is 1. The Morgan fingerprint density at radius 2 is 1.41 bits per heavy atom. The van der Waals surface area contributed by atoms with E-state index in [-0.39, 0.29) is 23.9 Å². The zero-order valence-electron chi connectivity index (χ0n) is 44.3. The van der Waals surface area contributed by atoms with Crippen LogP contribution in [0.25, 0.3) is 0 Å². The number of allylic oxidation sites excluding steroid dienone is 2. The van der Waals surface area contributed by atoms with Crippen molar-refractivity contribution in [1.82, 2.24) is 0 Å². The molecule has 0 spiro atoms. The third kappa shape index (κ3) is 8.96. The van der Waals surface area contributed by atoms with Gasteiger partial charge in [0, 0.05) is 11.0 Å². The van der Waals surface area contributed by atoms with E-state index >= 15 is 0 Å². The fourth-order valence-corrected chi connectivity index (χ4v) is 15.9. The number of aliphatic hydroxyl groups excluding tert-OH is 11. The van der Waals surface area contributed by atoms with Crippen LogP contribution in [0.15, 0.2) is 23.3 Å². The first-order chi connectivity index (χ1) is 34.4. The van der Waals surface area contributed by atoms with E-state index < -0.39 is 168 Å². The Kier molecular flexibility index (Phi) is 16.0. The molecule has 26 atom stereocenters. The fourth-order valence-electron chi connectivity index (χ4n) is 15.9. The number of carbonyl (C=O) groups is 2. The highest BCUT2D eigenvalue weighted by atomic mass is 16.8. The second-order valence-electron chi connectivity index (χ2n) is 25.2. The van der Waals surface area contributed by atoms with Crippen molar-refractivity contribution in [3.63, 3.8) is 0 Å². The molecule has 26 unspecified atom stereocenters. The number of ether oxygens (including phenoxy) is 7. The Hall–Kier alpha value is -2.26. The molecule has 7 fully saturated rings. The molecule has 74 heavy (non-hydrogen) atoms. The molecule has 3 saturated heterocycles. The molecular formula is C53H84O21. The average molecular weight is 1060 g/mol. The lowest BCUT2D eigenvalue weighted by atomic mass is 9.32. The third-order valence-corrected chi connectivity index (χ3v) is 20.5. The van der Waals surface area contributed by atoms with E-state index in [1.807, 2.05) is 20.8 Å². The van der Waals surface area contributed by atoms with Crippen molar-refractivity contribution in [3.05, 3.63) is 23.3 Å². The van der Waals surface area contributed by atoms with Gasteiger partial charge in [-0.25, -0.2) is 9.59 Å². The van der Waals surface area contributed by atoms with Gasteiger partial charge in [-0.2, -0.15) is 0 Å². The minimum absolute atomic E-state index is 0.0664. The molecular weight excluding hydrogens is 973 g/mol. The van der Waals surface area contributed by atoms with Gasteiger partial charge in [0.15, 0.2) is 25.0 Å². The van der Waals surface area contributed by atoms with Crippen LogP contribution in [0.5, 0.6) is 0 Å². The summed E-state index contributed by atoms with van der Waals surface area (Å²) in [5, 5.41) is 135. The largest absolute Gasteiger partial charge is 0.479 e. The van der Waals surface area contributed by atoms with Crippen LogP contribution < -0.4 is 0 Å². The number of fused-ring (bicyclic) bond motifs is 7. The van der Waals surface area contributed by atoms with Gasteiger partial charge in [0.25, 0.3) is 0 Å². The highest BCUT2D eigenvalue weighted by Gasteiger charge is 2.74. The lowest BCUT2D eigenvalue weighted by Crippen LogP contribution is -2.74. The summed E-state index contributed by atoms with van der Waals surface area (Å²) in [6.45, 7) is 18.4. The molecule has 0 bridgehead atoms. The summed E-state index contributed by atoms with van der Waals surface area (Å²) in [4.78, 5) is 26.0. The van der Waals surface area contributed by atoms with Gasteiger partial charge in [-0.3, -0.25) is 0 Å². The number of aliphatic carboxylic acids is 1. The molecule has 0 radical (unpaired) electrons. The lowest BCUT2D eigenvalue weighted by molar-refractivity contribution is -0.384. The first kappa shape index (κ1) is 57.9. The molecule has 8 rings (SSSR count). The number of carbonyl (C=O) groups excluding carboxylic acids is 1. The van der Waals surface area contributed by atoms with Gasteiger partial charge < -0.3 is 94.4 Å². The Balaban J connectivity index is 1.13. The molecule has 0 aromatic heterocycles. The number of carboxylic acids is 1. The van der Waals surface area contributed by atoms with Crippen molar-refractivity contribution < 1.29 is 104 Å². The second kappa shape index (κ2) is 20.4. The zero-order chi connectivity index (χ0) is 54.7. The average Bonchev–Trinajstić information content (AvgIpc) is 3.33. The standard InChI is InChI=1S/C53H84O21/c1-11-22(2)44(66)68-21-53-25(18-48(4,5)19-29(53)55)24-12-13-28-50(8)16-15-30(49(6,7)27(50)14-17-51(28,9)52(24,10)41(62)42(53)63)71-47-40(72-37-26(20-54)70-45(67)34(59)33(37)58)38(36(61)39(74-47)43(64)65)73-46-35(60)32(57)31(56)23(3)69-46/h11-12,23,25-42,45-47,54-63,67H,13-21H2,1-10H3,(H,64,65).